The Morgan fingerprint density at radius 2 is 0.653 bits per heavy atom. The minimum absolute atomic E-state index is 0.845. The molecule has 13 rings (SSSR count). The first-order valence-corrected chi connectivity index (χ1v) is 26.0. The summed E-state index contributed by atoms with van der Waals surface area (Å²) in [6, 6.07) is 74.1. The van der Waals surface area contributed by atoms with E-state index in [9.17, 15) is 0 Å². The molecule has 6 heteroatoms. The summed E-state index contributed by atoms with van der Waals surface area (Å²) >= 11 is 0. The van der Waals surface area contributed by atoms with Gasteiger partial charge in [0, 0.05) is 94.7 Å². The molecule has 6 nitrogen and oxygen atoms in total. The third-order valence-electron chi connectivity index (χ3n) is 15.1. The Bertz CT molecular complexity index is 3170. The molecule has 9 aromatic rings. The van der Waals surface area contributed by atoms with Crippen LogP contribution in [0.4, 0.5) is 45.5 Å². The maximum absolute atomic E-state index is 7.14. The number of hydrogen-bond donors (Lipinski definition) is 0. The van der Waals surface area contributed by atoms with Crippen molar-refractivity contribution in [3.8, 4) is 45.3 Å². The van der Waals surface area contributed by atoms with Gasteiger partial charge in [0.2, 0.25) is 0 Å². The standard InChI is InChI=1S/C66H58N4O2/c1-5-20-47(21-6-1)49-24-13-32-55(42-49)71-63-45-61(57-34-16-38-67-40-18-36-59(63)65(57)67)69(51-26-9-3-10-27-51)53-30-15-31-54(44-53)70(52-28-11-4-12-29-52)62-46-64(60-37-19-41-68-39-17-35-58(62)66(60)68)72-56-33-14-25-50(43-56)48-22-7-2-8-23-48/h1-15,20-33,42-46H,16-19,34-41H2. The van der Waals surface area contributed by atoms with Crippen molar-refractivity contribution in [1.29, 1.82) is 0 Å². The highest BCUT2D eigenvalue weighted by molar-refractivity contribution is 5.90. The monoisotopic (exact) mass is 938 g/mol. The van der Waals surface area contributed by atoms with Crippen LogP contribution in [0.1, 0.15) is 47.9 Å². The second-order valence-electron chi connectivity index (χ2n) is 19.6. The van der Waals surface area contributed by atoms with Crippen LogP contribution in [0.2, 0.25) is 0 Å². The largest absolute Gasteiger partial charge is 0.457 e. The lowest BCUT2D eigenvalue weighted by atomic mass is 9.89. The topological polar surface area (TPSA) is 31.4 Å². The molecule has 0 spiro atoms. The first kappa shape index (κ1) is 43.8. The molecule has 72 heavy (non-hydrogen) atoms. The van der Waals surface area contributed by atoms with E-state index in [1.165, 1.54) is 44.8 Å². The SMILES string of the molecule is c1ccc(-c2cccc(Oc3cc(N(c4ccccc4)c4cccc(N(c5ccccc5)c5cc(Oc6cccc(-c7ccccc7)c6)c6c7c5CCCN7CCC6)c4)c4c5c3CCCN5CCC4)c2)cc1. The molecule has 0 saturated carbocycles. The summed E-state index contributed by atoms with van der Waals surface area (Å²) in [4.78, 5) is 10.2. The maximum atomic E-state index is 7.14. The number of hydrogen-bond acceptors (Lipinski definition) is 6. The quantitative estimate of drug-likeness (QED) is 0.121. The molecule has 0 aromatic heterocycles. The molecule has 354 valence electrons. The molecular formula is C66H58N4O2. The van der Waals surface area contributed by atoms with Gasteiger partial charge in [0.1, 0.15) is 23.0 Å². The summed E-state index contributed by atoms with van der Waals surface area (Å²) in [6.45, 7) is 4.24. The van der Waals surface area contributed by atoms with E-state index in [0.717, 1.165) is 146 Å². The molecule has 0 aliphatic carbocycles. The summed E-state index contributed by atoms with van der Waals surface area (Å²) in [5.74, 6) is 3.56. The Hall–Kier alpha value is -8.22. The zero-order valence-electron chi connectivity index (χ0n) is 40.7. The molecule has 4 heterocycles. The number of anilines is 8. The highest BCUT2D eigenvalue weighted by Gasteiger charge is 2.34. The van der Waals surface area contributed by atoms with Crippen molar-refractivity contribution in [2.45, 2.75) is 51.4 Å². The minimum Gasteiger partial charge on any atom is -0.457 e. The Labute approximate surface area is 424 Å². The van der Waals surface area contributed by atoms with Crippen LogP contribution in [0, 0.1) is 0 Å². The average Bonchev–Trinajstić information content (AvgIpc) is 3.45. The van der Waals surface area contributed by atoms with Gasteiger partial charge in [-0.1, -0.05) is 127 Å². The molecule has 0 saturated heterocycles. The summed E-state index contributed by atoms with van der Waals surface area (Å²) in [5.41, 5.74) is 19.5. The molecule has 4 aliphatic rings. The Morgan fingerprint density at radius 1 is 0.306 bits per heavy atom. The number of nitrogens with zero attached hydrogens (tertiary/aromatic N) is 4. The number of para-hydroxylation sites is 2. The predicted molar refractivity (Wildman–Crippen MR) is 297 cm³/mol. The van der Waals surface area contributed by atoms with Crippen molar-refractivity contribution < 1.29 is 9.47 Å². The van der Waals surface area contributed by atoms with Crippen LogP contribution >= 0.6 is 0 Å². The fraction of sp³-hybridized carbons (Fsp3) is 0.182. The minimum atomic E-state index is 0.845. The second kappa shape index (κ2) is 19.2. The highest BCUT2D eigenvalue weighted by atomic mass is 16.5. The first-order chi connectivity index (χ1) is 35.7. The predicted octanol–water partition coefficient (Wildman–Crippen LogP) is 16.9. The molecule has 0 amide bonds. The molecule has 9 aromatic carbocycles. The van der Waals surface area contributed by atoms with Crippen molar-refractivity contribution in [3.05, 3.63) is 229 Å². The van der Waals surface area contributed by atoms with Crippen LogP contribution in [0.5, 0.6) is 23.0 Å². The lowest BCUT2D eigenvalue weighted by Gasteiger charge is -2.41. The molecule has 0 radical (unpaired) electrons. The Balaban J connectivity index is 0.966. The van der Waals surface area contributed by atoms with Gasteiger partial charge in [0.15, 0.2) is 0 Å². The van der Waals surface area contributed by atoms with E-state index in [1.807, 2.05) is 0 Å². The molecule has 0 unspecified atom stereocenters. The molecule has 0 fully saturated rings. The smallest absolute Gasteiger partial charge is 0.134 e. The first-order valence-electron chi connectivity index (χ1n) is 26.0. The fourth-order valence-corrected chi connectivity index (χ4v) is 12.0. The number of ether oxygens (including phenoxy) is 2. The molecule has 0 atom stereocenters. The van der Waals surface area contributed by atoms with E-state index in [1.54, 1.807) is 0 Å². The van der Waals surface area contributed by atoms with Crippen molar-refractivity contribution in [2.24, 2.45) is 0 Å². The fourth-order valence-electron chi connectivity index (χ4n) is 12.0. The van der Waals surface area contributed by atoms with E-state index in [4.69, 9.17) is 9.47 Å². The number of benzene rings is 9. The summed E-state index contributed by atoms with van der Waals surface area (Å²) < 4.78 is 14.3. The van der Waals surface area contributed by atoms with Gasteiger partial charge in [-0.25, -0.2) is 0 Å². The lowest BCUT2D eigenvalue weighted by molar-refractivity contribution is 0.471. The van der Waals surface area contributed by atoms with Crippen LogP contribution in [0.15, 0.2) is 206 Å². The van der Waals surface area contributed by atoms with Gasteiger partial charge < -0.3 is 29.1 Å². The zero-order valence-corrected chi connectivity index (χ0v) is 40.7. The Morgan fingerprint density at radius 3 is 1.07 bits per heavy atom. The summed E-state index contributed by atoms with van der Waals surface area (Å²) in [5, 5.41) is 0. The summed E-state index contributed by atoms with van der Waals surface area (Å²) in [6.07, 6.45) is 8.44. The lowest BCUT2D eigenvalue weighted by Crippen LogP contribution is -2.35. The normalized spacial score (nSPS) is 14.5. The second-order valence-corrected chi connectivity index (χ2v) is 19.6. The van der Waals surface area contributed by atoms with Gasteiger partial charge in [-0.3, -0.25) is 0 Å². The van der Waals surface area contributed by atoms with Crippen molar-refractivity contribution in [1.82, 2.24) is 0 Å². The van der Waals surface area contributed by atoms with Crippen molar-refractivity contribution in [2.75, 3.05) is 45.8 Å². The van der Waals surface area contributed by atoms with Crippen LogP contribution in [0.3, 0.4) is 0 Å². The molecular weight excluding hydrogens is 881 g/mol. The van der Waals surface area contributed by atoms with Gasteiger partial charge in [0.05, 0.1) is 11.4 Å². The van der Waals surface area contributed by atoms with E-state index in [-0.39, 0.29) is 0 Å². The van der Waals surface area contributed by atoms with Crippen molar-refractivity contribution >= 4 is 45.5 Å². The van der Waals surface area contributed by atoms with E-state index in [0.29, 0.717) is 0 Å². The average molecular weight is 939 g/mol. The van der Waals surface area contributed by atoms with E-state index >= 15 is 0 Å². The van der Waals surface area contributed by atoms with Gasteiger partial charge in [0.25, 0.3) is 0 Å². The van der Waals surface area contributed by atoms with Gasteiger partial charge in [-0.2, -0.15) is 0 Å². The third-order valence-corrected chi connectivity index (χ3v) is 15.1. The van der Waals surface area contributed by atoms with Gasteiger partial charge in [-0.05, 0) is 140 Å². The number of rotatable bonds is 12. The molecule has 4 aliphatic heterocycles. The van der Waals surface area contributed by atoms with Crippen LogP contribution in [-0.2, 0) is 25.7 Å². The Kier molecular flexibility index (Phi) is 11.7. The highest BCUT2D eigenvalue weighted by Crippen LogP contribution is 2.53. The van der Waals surface area contributed by atoms with E-state index in [2.05, 4.69) is 226 Å². The van der Waals surface area contributed by atoms with Gasteiger partial charge in [-0.15, -0.1) is 0 Å². The summed E-state index contributed by atoms with van der Waals surface area (Å²) in [7, 11) is 0. The maximum Gasteiger partial charge on any atom is 0.134 e. The van der Waals surface area contributed by atoms with Gasteiger partial charge >= 0.3 is 0 Å². The van der Waals surface area contributed by atoms with Crippen molar-refractivity contribution in [3.63, 3.8) is 0 Å². The van der Waals surface area contributed by atoms with Crippen LogP contribution in [0.25, 0.3) is 22.3 Å². The third kappa shape index (κ3) is 8.30. The van der Waals surface area contributed by atoms with Crippen LogP contribution in [-0.4, -0.2) is 26.2 Å². The van der Waals surface area contributed by atoms with Crippen LogP contribution < -0.4 is 29.1 Å². The molecule has 0 bridgehead atoms. The molecule has 0 N–H and O–H groups in total. The zero-order chi connectivity index (χ0) is 47.8. The van der Waals surface area contributed by atoms with E-state index < -0.39 is 0 Å².